The average Bonchev–Trinajstić information content (AvgIpc) is 2.79. The number of hydrogen-bond acceptors (Lipinski definition) is 8. The molecular weight excluding hydrogens is 478 g/mol. The summed E-state index contributed by atoms with van der Waals surface area (Å²) in [4.78, 5) is 48.6. The highest BCUT2D eigenvalue weighted by molar-refractivity contribution is 6.02. The first-order valence-electron chi connectivity index (χ1n) is 10.1. The molecule has 0 unspecified atom stereocenters. The van der Waals surface area contributed by atoms with Crippen LogP contribution in [0.3, 0.4) is 0 Å². The molecule has 0 atom stereocenters. The molecule has 0 amide bonds. The van der Waals surface area contributed by atoms with Gasteiger partial charge in [0.15, 0.2) is 23.0 Å². The van der Waals surface area contributed by atoms with Crippen molar-refractivity contribution in [1.29, 1.82) is 0 Å². The van der Waals surface area contributed by atoms with Crippen LogP contribution in [0, 0.1) is 11.6 Å². The van der Waals surface area contributed by atoms with Gasteiger partial charge in [-0.15, -0.1) is 0 Å². The third-order valence-electron chi connectivity index (χ3n) is 4.35. The standard InChI is InChI=1S/C26H22F2O8/c1-11(2)23(29)33-17-9-15-16(10-18(17)34-24(30)12(3)4)22(36-26(32)14(7)8)20(28)19(27)21(15)35-25(31)13(5)6/h9-10H,1,3,5,7H2,2,4,6,8H3. The van der Waals surface area contributed by atoms with Gasteiger partial charge in [0.25, 0.3) is 0 Å². The summed E-state index contributed by atoms with van der Waals surface area (Å²) >= 11 is 0. The van der Waals surface area contributed by atoms with Crippen LogP contribution in [0.5, 0.6) is 23.0 Å². The highest BCUT2D eigenvalue weighted by atomic mass is 19.2. The molecule has 10 heteroatoms. The van der Waals surface area contributed by atoms with E-state index in [9.17, 15) is 19.2 Å². The second-order valence-corrected chi connectivity index (χ2v) is 7.81. The van der Waals surface area contributed by atoms with Gasteiger partial charge in [-0.1, -0.05) is 26.3 Å². The molecule has 2 rings (SSSR count). The van der Waals surface area contributed by atoms with Gasteiger partial charge in [-0.25, -0.2) is 19.2 Å². The fraction of sp³-hybridized carbons (Fsp3) is 0.154. The number of halogens is 2. The van der Waals surface area contributed by atoms with E-state index in [1.807, 2.05) is 0 Å². The van der Waals surface area contributed by atoms with E-state index in [1.165, 1.54) is 27.7 Å². The Labute approximate surface area is 205 Å². The van der Waals surface area contributed by atoms with Crippen LogP contribution < -0.4 is 18.9 Å². The van der Waals surface area contributed by atoms with Gasteiger partial charge in [0, 0.05) is 33.1 Å². The zero-order valence-electron chi connectivity index (χ0n) is 20.0. The van der Waals surface area contributed by atoms with Gasteiger partial charge >= 0.3 is 23.9 Å². The first-order valence-corrected chi connectivity index (χ1v) is 10.1. The van der Waals surface area contributed by atoms with E-state index in [-0.39, 0.29) is 33.1 Å². The van der Waals surface area contributed by atoms with Gasteiger partial charge in [0.05, 0.1) is 0 Å². The van der Waals surface area contributed by atoms with Crippen LogP contribution in [-0.2, 0) is 19.2 Å². The predicted octanol–water partition coefficient (Wildman–Crippen LogP) is 5.04. The number of esters is 4. The lowest BCUT2D eigenvalue weighted by molar-refractivity contribution is -0.132. The fourth-order valence-electron chi connectivity index (χ4n) is 2.46. The van der Waals surface area contributed by atoms with Crippen molar-refractivity contribution in [3.8, 4) is 23.0 Å². The summed E-state index contributed by atoms with van der Waals surface area (Å²) in [5.41, 5.74) is -0.353. The van der Waals surface area contributed by atoms with Crippen molar-refractivity contribution in [2.75, 3.05) is 0 Å². The minimum Gasteiger partial charge on any atom is -0.419 e. The molecule has 0 bridgehead atoms. The normalized spacial score (nSPS) is 10.3. The number of carbonyl (C=O) groups is 4. The molecule has 0 aliphatic carbocycles. The first kappa shape index (κ1) is 27.6. The molecule has 0 aliphatic rings. The zero-order chi connectivity index (χ0) is 27.5. The minimum absolute atomic E-state index is 0.0393. The van der Waals surface area contributed by atoms with Gasteiger partial charge < -0.3 is 18.9 Å². The van der Waals surface area contributed by atoms with Gasteiger partial charge in [0.1, 0.15) is 0 Å². The van der Waals surface area contributed by atoms with Gasteiger partial charge in [-0.05, 0) is 39.8 Å². The molecule has 0 fully saturated rings. The molecule has 0 aliphatic heterocycles. The van der Waals surface area contributed by atoms with E-state index in [0.29, 0.717) is 0 Å². The number of carbonyl (C=O) groups excluding carboxylic acids is 4. The molecule has 36 heavy (non-hydrogen) atoms. The quantitative estimate of drug-likeness (QED) is 0.282. The monoisotopic (exact) mass is 500 g/mol. The SMILES string of the molecule is C=C(C)C(=O)Oc1cc2c(OC(=O)C(=C)C)c(F)c(F)c(OC(=O)C(=C)C)c2cc1OC(=O)C(=C)C. The Kier molecular flexibility index (Phi) is 8.27. The van der Waals surface area contributed by atoms with E-state index in [0.717, 1.165) is 12.1 Å². The molecule has 0 heterocycles. The molecule has 8 nitrogen and oxygen atoms in total. The summed E-state index contributed by atoms with van der Waals surface area (Å²) in [7, 11) is 0. The number of fused-ring (bicyclic) bond motifs is 1. The number of hydrogen-bond donors (Lipinski definition) is 0. The molecule has 0 radical (unpaired) electrons. The van der Waals surface area contributed by atoms with Gasteiger partial charge in [-0.2, -0.15) is 8.78 Å². The summed E-state index contributed by atoms with van der Waals surface area (Å²) < 4.78 is 50.5. The van der Waals surface area contributed by atoms with Crippen molar-refractivity contribution in [1.82, 2.24) is 0 Å². The van der Waals surface area contributed by atoms with Crippen molar-refractivity contribution in [3.05, 3.63) is 72.4 Å². The van der Waals surface area contributed by atoms with Gasteiger partial charge in [0.2, 0.25) is 11.6 Å². The van der Waals surface area contributed by atoms with Crippen LogP contribution in [0.1, 0.15) is 27.7 Å². The zero-order valence-corrected chi connectivity index (χ0v) is 20.0. The van der Waals surface area contributed by atoms with Crippen molar-refractivity contribution in [2.45, 2.75) is 27.7 Å². The molecule has 0 aromatic heterocycles. The lowest BCUT2D eigenvalue weighted by Gasteiger charge is -2.17. The third-order valence-corrected chi connectivity index (χ3v) is 4.35. The molecule has 188 valence electrons. The van der Waals surface area contributed by atoms with Crippen LogP contribution >= 0.6 is 0 Å². The number of benzene rings is 2. The van der Waals surface area contributed by atoms with Crippen LogP contribution in [0.15, 0.2) is 60.7 Å². The molecule has 0 N–H and O–H groups in total. The highest BCUT2D eigenvalue weighted by Crippen LogP contribution is 2.45. The molecule has 2 aromatic carbocycles. The van der Waals surface area contributed by atoms with Crippen LogP contribution in [0.25, 0.3) is 10.8 Å². The number of ether oxygens (including phenoxy) is 4. The van der Waals surface area contributed by atoms with Crippen LogP contribution in [0.4, 0.5) is 8.78 Å². The minimum atomic E-state index is -1.69. The Balaban J connectivity index is 2.99. The van der Waals surface area contributed by atoms with E-state index in [1.54, 1.807) is 0 Å². The summed E-state index contributed by atoms with van der Waals surface area (Å²) in [6, 6.07) is 1.89. The highest BCUT2D eigenvalue weighted by Gasteiger charge is 2.29. The Morgan fingerprint density at radius 3 is 1.06 bits per heavy atom. The molecule has 0 saturated heterocycles. The maximum atomic E-state index is 15.1. The van der Waals surface area contributed by atoms with Gasteiger partial charge in [-0.3, -0.25) is 0 Å². The lowest BCUT2D eigenvalue weighted by Crippen LogP contribution is -2.15. The predicted molar refractivity (Wildman–Crippen MR) is 126 cm³/mol. The molecule has 2 aromatic rings. The van der Waals surface area contributed by atoms with Crippen LogP contribution in [-0.4, -0.2) is 23.9 Å². The molecule has 0 spiro atoms. The Bertz CT molecular complexity index is 1280. The second kappa shape index (κ2) is 10.8. The van der Waals surface area contributed by atoms with E-state index >= 15 is 8.78 Å². The Morgan fingerprint density at radius 2 is 0.806 bits per heavy atom. The Hall–Kier alpha value is -4.60. The van der Waals surface area contributed by atoms with E-state index in [2.05, 4.69) is 26.3 Å². The summed E-state index contributed by atoms with van der Waals surface area (Å²) in [6.45, 7) is 18.9. The van der Waals surface area contributed by atoms with Crippen molar-refractivity contribution < 1.29 is 46.9 Å². The van der Waals surface area contributed by atoms with E-state index in [4.69, 9.17) is 18.9 Å². The Morgan fingerprint density at radius 1 is 0.556 bits per heavy atom. The maximum absolute atomic E-state index is 15.1. The van der Waals surface area contributed by atoms with Crippen molar-refractivity contribution in [2.24, 2.45) is 0 Å². The first-order chi connectivity index (χ1) is 16.6. The fourth-order valence-corrected chi connectivity index (χ4v) is 2.46. The number of rotatable bonds is 8. The lowest BCUT2D eigenvalue weighted by atomic mass is 10.1. The van der Waals surface area contributed by atoms with Crippen molar-refractivity contribution >= 4 is 34.6 Å². The second-order valence-electron chi connectivity index (χ2n) is 7.81. The molecular formula is C26H22F2O8. The maximum Gasteiger partial charge on any atom is 0.338 e. The van der Waals surface area contributed by atoms with Crippen LogP contribution in [0.2, 0.25) is 0 Å². The summed E-state index contributed by atoms with van der Waals surface area (Å²) in [5, 5.41) is -0.736. The van der Waals surface area contributed by atoms with Crippen molar-refractivity contribution in [3.63, 3.8) is 0 Å². The topological polar surface area (TPSA) is 105 Å². The summed E-state index contributed by atoms with van der Waals surface area (Å²) in [6.07, 6.45) is 0. The summed E-state index contributed by atoms with van der Waals surface area (Å²) in [5.74, 6) is -10.2. The average molecular weight is 500 g/mol. The third kappa shape index (κ3) is 5.90. The largest absolute Gasteiger partial charge is 0.419 e. The van der Waals surface area contributed by atoms with E-state index < -0.39 is 58.5 Å². The molecule has 0 saturated carbocycles. The smallest absolute Gasteiger partial charge is 0.338 e.